The number of esters is 1. The predicted octanol–water partition coefficient (Wildman–Crippen LogP) is 4.30. The van der Waals surface area contributed by atoms with Crippen LogP contribution < -0.4 is 4.74 Å². The molecule has 0 N–H and O–H groups in total. The summed E-state index contributed by atoms with van der Waals surface area (Å²) in [5, 5.41) is 8.80. The largest absolute Gasteiger partial charge is 0.423 e. The third kappa shape index (κ3) is 8.04. The second-order valence-electron chi connectivity index (χ2n) is 6.47. The smallest absolute Gasteiger partial charge is 0.343 e. The second kappa shape index (κ2) is 12.7. The van der Waals surface area contributed by atoms with Crippen LogP contribution in [0, 0.1) is 11.3 Å². The first-order valence-electron chi connectivity index (χ1n) is 9.64. The van der Waals surface area contributed by atoms with Gasteiger partial charge in [-0.1, -0.05) is 12.1 Å². The zero-order valence-corrected chi connectivity index (χ0v) is 16.9. The SMILES string of the molecule is COCCCOCCCOC(C)c1ccc(C(=O)Oc2ccc(C#N)cc2)cc1. The molecular weight excluding hydrogens is 370 g/mol. The Bertz CT molecular complexity index is 780. The molecule has 0 amide bonds. The molecule has 0 bridgehead atoms. The van der Waals surface area contributed by atoms with E-state index in [4.69, 9.17) is 24.2 Å². The number of nitriles is 1. The van der Waals surface area contributed by atoms with Gasteiger partial charge < -0.3 is 18.9 Å². The van der Waals surface area contributed by atoms with Crippen LogP contribution in [0.2, 0.25) is 0 Å². The topological polar surface area (TPSA) is 77.8 Å². The fourth-order valence-electron chi connectivity index (χ4n) is 2.58. The fraction of sp³-hybridized carbons (Fsp3) is 0.391. The van der Waals surface area contributed by atoms with Crippen LogP contribution in [0.5, 0.6) is 5.75 Å². The van der Waals surface area contributed by atoms with Gasteiger partial charge in [0.05, 0.1) is 23.3 Å². The van der Waals surface area contributed by atoms with Gasteiger partial charge in [-0.25, -0.2) is 4.79 Å². The van der Waals surface area contributed by atoms with E-state index in [1.54, 1.807) is 43.5 Å². The van der Waals surface area contributed by atoms with Crippen LogP contribution in [0.1, 0.15) is 47.4 Å². The summed E-state index contributed by atoms with van der Waals surface area (Å²) in [6, 6.07) is 15.6. The van der Waals surface area contributed by atoms with Crippen molar-refractivity contribution in [3.8, 4) is 11.8 Å². The number of rotatable bonds is 12. The fourth-order valence-corrected chi connectivity index (χ4v) is 2.58. The van der Waals surface area contributed by atoms with Crippen molar-refractivity contribution in [2.24, 2.45) is 0 Å². The molecule has 2 rings (SSSR count). The van der Waals surface area contributed by atoms with E-state index in [9.17, 15) is 4.79 Å². The average molecular weight is 397 g/mol. The van der Waals surface area contributed by atoms with Gasteiger partial charge >= 0.3 is 5.97 Å². The summed E-state index contributed by atoms with van der Waals surface area (Å²) >= 11 is 0. The van der Waals surface area contributed by atoms with Crippen molar-refractivity contribution in [2.45, 2.75) is 25.9 Å². The van der Waals surface area contributed by atoms with Crippen LogP contribution >= 0.6 is 0 Å². The number of nitrogens with zero attached hydrogens (tertiary/aromatic N) is 1. The van der Waals surface area contributed by atoms with Gasteiger partial charge in [-0.3, -0.25) is 0 Å². The second-order valence-corrected chi connectivity index (χ2v) is 6.47. The lowest BCUT2D eigenvalue weighted by Crippen LogP contribution is -2.09. The number of benzene rings is 2. The van der Waals surface area contributed by atoms with Gasteiger partial charge in [-0.2, -0.15) is 5.26 Å². The third-order valence-electron chi connectivity index (χ3n) is 4.25. The first-order valence-corrected chi connectivity index (χ1v) is 9.64. The van der Waals surface area contributed by atoms with Crippen LogP contribution in [-0.4, -0.2) is 39.5 Å². The first kappa shape index (κ1) is 22.6. The Labute approximate surface area is 172 Å². The first-order chi connectivity index (χ1) is 14.1. The van der Waals surface area contributed by atoms with Crippen molar-refractivity contribution in [2.75, 3.05) is 33.5 Å². The minimum absolute atomic E-state index is 0.0768. The molecule has 29 heavy (non-hydrogen) atoms. The van der Waals surface area contributed by atoms with Gasteiger partial charge in [-0.15, -0.1) is 0 Å². The van der Waals surface area contributed by atoms with Crippen molar-refractivity contribution in [1.82, 2.24) is 0 Å². The number of carbonyl (C=O) groups excluding carboxylic acids is 1. The molecule has 0 radical (unpaired) electrons. The van der Waals surface area contributed by atoms with E-state index in [1.807, 2.05) is 25.1 Å². The molecule has 0 saturated carbocycles. The number of hydrogen-bond acceptors (Lipinski definition) is 6. The quantitative estimate of drug-likeness (QED) is 0.302. The molecular formula is C23H27NO5. The minimum atomic E-state index is -0.444. The van der Waals surface area contributed by atoms with Gasteiger partial charge in [0, 0.05) is 33.5 Å². The zero-order valence-electron chi connectivity index (χ0n) is 16.9. The van der Waals surface area contributed by atoms with Crippen LogP contribution in [0.3, 0.4) is 0 Å². The molecule has 0 fully saturated rings. The molecule has 2 aromatic rings. The summed E-state index contributed by atoms with van der Waals surface area (Å²) in [5.74, 6) is -0.0420. The Morgan fingerprint density at radius 3 is 2.24 bits per heavy atom. The highest BCUT2D eigenvalue weighted by Gasteiger charge is 2.11. The average Bonchev–Trinajstić information content (AvgIpc) is 2.76. The summed E-state index contributed by atoms with van der Waals surface area (Å²) in [6.45, 7) is 4.65. The Hall–Kier alpha value is -2.72. The van der Waals surface area contributed by atoms with Gasteiger partial charge in [0.2, 0.25) is 0 Å². The van der Waals surface area contributed by atoms with E-state index in [2.05, 4.69) is 0 Å². The number of hydrogen-bond donors (Lipinski definition) is 0. The predicted molar refractivity (Wildman–Crippen MR) is 109 cm³/mol. The monoisotopic (exact) mass is 397 g/mol. The van der Waals surface area contributed by atoms with Gasteiger partial charge in [0.25, 0.3) is 0 Å². The molecule has 6 heteroatoms. The lowest BCUT2D eigenvalue weighted by molar-refractivity contribution is 0.0384. The maximum atomic E-state index is 12.2. The normalized spacial score (nSPS) is 11.6. The zero-order chi connectivity index (χ0) is 20.9. The summed E-state index contributed by atoms with van der Waals surface area (Å²) in [5.41, 5.74) is 1.96. The summed E-state index contributed by atoms with van der Waals surface area (Å²) < 4.78 is 21.6. The summed E-state index contributed by atoms with van der Waals surface area (Å²) in [7, 11) is 1.68. The minimum Gasteiger partial charge on any atom is -0.423 e. The molecule has 2 aromatic carbocycles. The molecule has 1 unspecified atom stereocenters. The number of carbonyl (C=O) groups is 1. The molecule has 0 heterocycles. The van der Waals surface area contributed by atoms with Crippen LogP contribution in [0.15, 0.2) is 48.5 Å². The highest BCUT2D eigenvalue weighted by atomic mass is 16.5. The van der Waals surface area contributed by atoms with Crippen LogP contribution in [-0.2, 0) is 14.2 Å². The maximum absolute atomic E-state index is 12.2. The summed E-state index contributed by atoms with van der Waals surface area (Å²) in [6.07, 6.45) is 1.65. The van der Waals surface area contributed by atoms with E-state index < -0.39 is 5.97 Å². The lowest BCUT2D eigenvalue weighted by atomic mass is 10.1. The Balaban J connectivity index is 1.73. The molecule has 1 atom stereocenters. The van der Waals surface area contributed by atoms with Crippen LogP contribution in [0.25, 0.3) is 0 Å². The molecule has 0 aliphatic rings. The molecule has 0 aliphatic carbocycles. The van der Waals surface area contributed by atoms with Crippen molar-refractivity contribution in [3.05, 3.63) is 65.2 Å². The van der Waals surface area contributed by atoms with Crippen molar-refractivity contribution < 1.29 is 23.7 Å². The Morgan fingerprint density at radius 1 is 0.966 bits per heavy atom. The van der Waals surface area contributed by atoms with Crippen molar-refractivity contribution >= 4 is 5.97 Å². The van der Waals surface area contributed by atoms with Gasteiger partial charge in [-0.05, 0) is 61.7 Å². The molecule has 6 nitrogen and oxygen atoms in total. The highest BCUT2D eigenvalue weighted by Crippen LogP contribution is 2.19. The standard InChI is InChI=1S/C23H27NO5/c1-18(28-16-4-15-27-14-3-13-26-2)20-7-9-21(10-8-20)23(25)29-22-11-5-19(17-24)6-12-22/h5-12,18H,3-4,13-16H2,1-2H3. The van der Waals surface area contributed by atoms with E-state index in [0.717, 1.165) is 18.4 Å². The molecule has 0 aromatic heterocycles. The third-order valence-corrected chi connectivity index (χ3v) is 4.25. The van der Waals surface area contributed by atoms with E-state index in [0.29, 0.717) is 43.3 Å². The number of ether oxygens (including phenoxy) is 4. The van der Waals surface area contributed by atoms with E-state index in [-0.39, 0.29) is 6.10 Å². The van der Waals surface area contributed by atoms with Crippen LogP contribution in [0.4, 0.5) is 0 Å². The molecule has 154 valence electrons. The molecule has 0 saturated heterocycles. The van der Waals surface area contributed by atoms with Crippen molar-refractivity contribution in [3.63, 3.8) is 0 Å². The number of methoxy groups -OCH3 is 1. The summed E-state index contributed by atoms with van der Waals surface area (Å²) in [4.78, 5) is 12.2. The van der Waals surface area contributed by atoms with Gasteiger partial charge in [0.1, 0.15) is 5.75 Å². The van der Waals surface area contributed by atoms with Crippen molar-refractivity contribution in [1.29, 1.82) is 5.26 Å². The highest BCUT2D eigenvalue weighted by molar-refractivity contribution is 5.91. The maximum Gasteiger partial charge on any atom is 0.343 e. The van der Waals surface area contributed by atoms with E-state index >= 15 is 0 Å². The lowest BCUT2D eigenvalue weighted by Gasteiger charge is -2.14. The van der Waals surface area contributed by atoms with Gasteiger partial charge in [0.15, 0.2) is 0 Å². The van der Waals surface area contributed by atoms with E-state index in [1.165, 1.54) is 0 Å². The molecule has 0 spiro atoms. The Morgan fingerprint density at radius 2 is 1.62 bits per heavy atom. The molecule has 0 aliphatic heterocycles. The Kier molecular flexibility index (Phi) is 9.87.